The number of piperidine rings is 1. The first-order valence-electron chi connectivity index (χ1n) is 8.33. The summed E-state index contributed by atoms with van der Waals surface area (Å²) in [6, 6.07) is 8.37. The molecule has 0 aliphatic carbocycles. The van der Waals surface area contributed by atoms with Gasteiger partial charge in [-0.05, 0) is 69.0 Å². The largest absolute Gasteiger partial charge is 0.494 e. The lowest BCUT2D eigenvalue weighted by molar-refractivity contribution is 0.340. The second-order valence-corrected chi connectivity index (χ2v) is 5.85. The van der Waals surface area contributed by atoms with E-state index >= 15 is 0 Å². The molecule has 3 rings (SSSR count). The second-order valence-electron chi connectivity index (χ2n) is 5.85. The van der Waals surface area contributed by atoms with E-state index in [-0.39, 0.29) is 0 Å². The van der Waals surface area contributed by atoms with Crippen LogP contribution < -0.4 is 15.4 Å². The molecule has 1 aromatic carbocycles. The molecule has 0 saturated carbocycles. The van der Waals surface area contributed by atoms with Crippen LogP contribution in [-0.2, 0) is 6.42 Å². The van der Waals surface area contributed by atoms with Crippen molar-refractivity contribution in [1.29, 1.82) is 0 Å². The Bertz CT molecular complexity index is 636. The van der Waals surface area contributed by atoms with Gasteiger partial charge in [0.25, 0.3) is 0 Å². The predicted octanol–water partition coefficient (Wildman–Crippen LogP) is 3.13. The summed E-state index contributed by atoms with van der Waals surface area (Å²) in [4.78, 5) is 7.35. The molecule has 0 bridgehead atoms. The van der Waals surface area contributed by atoms with Crippen LogP contribution in [0.5, 0.6) is 5.75 Å². The minimum absolute atomic E-state index is 0.652. The fourth-order valence-electron chi connectivity index (χ4n) is 3.16. The highest BCUT2D eigenvalue weighted by molar-refractivity contribution is 5.83. The summed E-state index contributed by atoms with van der Waals surface area (Å²) in [5.41, 5.74) is 8.10. The zero-order valence-corrected chi connectivity index (χ0v) is 13.3. The predicted molar refractivity (Wildman–Crippen MR) is 91.7 cm³/mol. The van der Waals surface area contributed by atoms with Gasteiger partial charge in [-0.2, -0.15) is 0 Å². The van der Waals surface area contributed by atoms with E-state index in [1.807, 2.05) is 13.0 Å². The molecule has 4 heteroatoms. The molecule has 0 spiro atoms. The number of rotatable bonds is 5. The molecule has 1 aromatic heterocycles. The van der Waals surface area contributed by atoms with Crippen LogP contribution in [0.2, 0.25) is 0 Å². The number of benzene rings is 1. The quantitative estimate of drug-likeness (QED) is 0.921. The molecule has 22 heavy (non-hydrogen) atoms. The first-order valence-corrected chi connectivity index (χ1v) is 8.33. The Morgan fingerprint density at radius 2 is 2.00 bits per heavy atom. The molecule has 1 aliphatic heterocycles. The molecular weight excluding hydrogens is 274 g/mol. The lowest BCUT2D eigenvalue weighted by Gasteiger charge is -2.29. The van der Waals surface area contributed by atoms with Crippen LogP contribution in [-0.4, -0.2) is 31.2 Å². The third-order valence-electron chi connectivity index (χ3n) is 4.22. The van der Waals surface area contributed by atoms with Crippen LogP contribution in [0.15, 0.2) is 24.3 Å². The van der Waals surface area contributed by atoms with E-state index in [0.29, 0.717) is 13.2 Å². The molecule has 4 nitrogen and oxygen atoms in total. The summed E-state index contributed by atoms with van der Waals surface area (Å²) in [7, 11) is 0. The summed E-state index contributed by atoms with van der Waals surface area (Å²) in [6.45, 7) is 5.54. The molecule has 0 atom stereocenters. The van der Waals surface area contributed by atoms with Gasteiger partial charge in [-0.1, -0.05) is 0 Å². The average molecular weight is 299 g/mol. The Labute approximate surface area is 132 Å². The molecule has 2 N–H and O–H groups in total. The van der Waals surface area contributed by atoms with Crippen molar-refractivity contribution in [3.8, 4) is 5.75 Å². The summed E-state index contributed by atoms with van der Waals surface area (Å²) in [5.74, 6) is 2.03. The van der Waals surface area contributed by atoms with Crippen LogP contribution in [0.1, 0.15) is 31.7 Å². The van der Waals surface area contributed by atoms with Gasteiger partial charge in [-0.15, -0.1) is 0 Å². The number of nitrogens with two attached hydrogens (primary N) is 1. The van der Waals surface area contributed by atoms with E-state index in [1.54, 1.807) is 0 Å². The van der Waals surface area contributed by atoms with Gasteiger partial charge in [0.2, 0.25) is 0 Å². The van der Waals surface area contributed by atoms with E-state index in [2.05, 4.69) is 23.1 Å². The number of anilines is 1. The summed E-state index contributed by atoms with van der Waals surface area (Å²) in [5, 5.41) is 1.13. The standard InChI is InChI=1S/C18H25N3O/c1-2-22-16-6-7-17-15(13-16)12-14(8-9-19)18(20-17)21-10-4-3-5-11-21/h6-7,12-13H,2-5,8-11,19H2,1H3. The zero-order valence-electron chi connectivity index (χ0n) is 13.3. The maximum absolute atomic E-state index is 5.81. The minimum Gasteiger partial charge on any atom is -0.494 e. The van der Waals surface area contributed by atoms with Gasteiger partial charge in [0.1, 0.15) is 11.6 Å². The molecule has 2 aromatic rings. The van der Waals surface area contributed by atoms with E-state index in [1.165, 1.54) is 24.8 Å². The molecule has 1 fully saturated rings. The van der Waals surface area contributed by atoms with Crippen molar-refractivity contribution in [2.24, 2.45) is 5.73 Å². The van der Waals surface area contributed by atoms with E-state index in [4.69, 9.17) is 15.5 Å². The average Bonchev–Trinajstić information content (AvgIpc) is 2.55. The first kappa shape index (κ1) is 15.1. The van der Waals surface area contributed by atoms with Gasteiger partial charge >= 0.3 is 0 Å². The SMILES string of the molecule is CCOc1ccc2nc(N3CCCCC3)c(CCN)cc2c1. The number of pyridine rings is 1. The summed E-state index contributed by atoms with van der Waals surface area (Å²) >= 11 is 0. The van der Waals surface area contributed by atoms with Crippen LogP contribution in [0, 0.1) is 0 Å². The lowest BCUT2D eigenvalue weighted by atomic mass is 10.1. The second kappa shape index (κ2) is 6.97. The molecular formula is C18H25N3O. The van der Waals surface area contributed by atoms with Gasteiger partial charge in [0.05, 0.1) is 12.1 Å². The van der Waals surface area contributed by atoms with E-state index in [9.17, 15) is 0 Å². The third-order valence-corrected chi connectivity index (χ3v) is 4.22. The maximum atomic E-state index is 5.81. The van der Waals surface area contributed by atoms with Crippen LogP contribution in [0.25, 0.3) is 10.9 Å². The minimum atomic E-state index is 0.652. The first-order chi connectivity index (χ1) is 10.8. The van der Waals surface area contributed by atoms with Crippen molar-refractivity contribution < 1.29 is 4.74 Å². The van der Waals surface area contributed by atoms with Gasteiger partial charge in [0, 0.05) is 18.5 Å². The van der Waals surface area contributed by atoms with E-state index < -0.39 is 0 Å². The van der Waals surface area contributed by atoms with Crippen molar-refractivity contribution in [1.82, 2.24) is 4.98 Å². The number of hydrogen-bond donors (Lipinski definition) is 1. The smallest absolute Gasteiger partial charge is 0.132 e. The normalized spacial score (nSPS) is 15.3. The number of nitrogens with zero attached hydrogens (tertiary/aromatic N) is 2. The van der Waals surface area contributed by atoms with Gasteiger partial charge in [-0.3, -0.25) is 0 Å². The Kier molecular flexibility index (Phi) is 4.78. The number of fused-ring (bicyclic) bond motifs is 1. The lowest BCUT2D eigenvalue weighted by Crippen LogP contribution is -2.31. The summed E-state index contributed by atoms with van der Waals surface area (Å²) in [6.07, 6.45) is 4.71. The highest BCUT2D eigenvalue weighted by atomic mass is 16.5. The maximum Gasteiger partial charge on any atom is 0.132 e. The molecule has 1 saturated heterocycles. The Hall–Kier alpha value is -1.81. The van der Waals surface area contributed by atoms with Crippen molar-refractivity contribution in [3.05, 3.63) is 29.8 Å². The highest BCUT2D eigenvalue weighted by Gasteiger charge is 2.16. The van der Waals surface area contributed by atoms with Gasteiger partial charge in [-0.25, -0.2) is 4.98 Å². The monoisotopic (exact) mass is 299 g/mol. The Morgan fingerprint density at radius 1 is 1.18 bits per heavy atom. The fraction of sp³-hybridized carbons (Fsp3) is 0.500. The third kappa shape index (κ3) is 3.17. The van der Waals surface area contributed by atoms with Crippen LogP contribution in [0.3, 0.4) is 0 Å². The molecule has 0 unspecified atom stereocenters. The fourth-order valence-corrected chi connectivity index (χ4v) is 3.16. The van der Waals surface area contributed by atoms with Crippen molar-refractivity contribution in [3.63, 3.8) is 0 Å². The van der Waals surface area contributed by atoms with Gasteiger partial charge < -0.3 is 15.4 Å². The van der Waals surface area contributed by atoms with Crippen LogP contribution >= 0.6 is 0 Å². The Morgan fingerprint density at radius 3 is 2.73 bits per heavy atom. The van der Waals surface area contributed by atoms with Gasteiger partial charge in [0.15, 0.2) is 0 Å². The molecule has 0 amide bonds. The van der Waals surface area contributed by atoms with Crippen molar-refractivity contribution >= 4 is 16.7 Å². The molecule has 0 radical (unpaired) electrons. The number of ether oxygens (including phenoxy) is 1. The van der Waals surface area contributed by atoms with Crippen LogP contribution in [0.4, 0.5) is 5.82 Å². The molecule has 1 aliphatic rings. The van der Waals surface area contributed by atoms with E-state index in [0.717, 1.165) is 42.0 Å². The van der Waals surface area contributed by atoms with Crippen molar-refractivity contribution in [2.75, 3.05) is 31.1 Å². The summed E-state index contributed by atoms with van der Waals surface area (Å²) < 4.78 is 5.60. The Balaban J connectivity index is 2.02. The highest BCUT2D eigenvalue weighted by Crippen LogP contribution is 2.28. The number of aromatic nitrogens is 1. The topological polar surface area (TPSA) is 51.4 Å². The zero-order chi connectivity index (χ0) is 15.4. The molecule has 118 valence electrons. The number of hydrogen-bond acceptors (Lipinski definition) is 4. The van der Waals surface area contributed by atoms with Crippen molar-refractivity contribution in [2.45, 2.75) is 32.6 Å². The molecule has 2 heterocycles.